The summed E-state index contributed by atoms with van der Waals surface area (Å²) in [5, 5.41) is 57.1. The number of hydrogen-bond donors (Lipinski definition) is 16. The molecule has 1 aromatic carbocycles. The molecular formula is C43H64N14O13. The molecule has 2 heterocycles. The highest BCUT2D eigenvalue weighted by atomic mass is 16.4. The number of guanidine groups is 1. The summed E-state index contributed by atoms with van der Waals surface area (Å²) >= 11 is 0. The number of para-hydroxylation sites is 1. The molecule has 0 fully saturated rings. The predicted octanol–water partition coefficient (Wildman–Crippen LogP) is -4.55. The highest BCUT2D eigenvalue weighted by Gasteiger charge is 2.35. The van der Waals surface area contributed by atoms with E-state index >= 15 is 0 Å². The van der Waals surface area contributed by atoms with Crippen molar-refractivity contribution in [3.05, 3.63) is 54.2 Å². The van der Waals surface area contributed by atoms with E-state index in [1.807, 2.05) is 0 Å². The topological polar surface area (TPSA) is 454 Å². The number of amides is 7. The third-order valence-corrected chi connectivity index (χ3v) is 10.8. The first-order valence-electron chi connectivity index (χ1n) is 22.2. The molecule has 19 N–H and O–H groups in total. The fraction of sp³-hybridized carbons (Fsp3) is 0.512. The van der Waals surface area contributed by atoms with Crippen molar-refractivity contribution in [1.82, 2.24) is 52.2 Å². The number of aromatic nitrogens is 3. The lowest BCUT2D eigenvalue weighted by atomic mass is 10.0. The summed E-state index contributed by atoms with van der Waals surface area (Å²) in [5.41, 5.74) is 18.3. The van der Waals surface area contributed by atoms with Crippen molar-refractivity contribution in [2.24, 2.45) is 28.1 Å². The maximum Gasteiger partial charge on any atom is 0.326 e. The molecule has 27 nitrogen and oxygen atoms in total. The number of carbonyl (C=O) groups is 9. The maximum atomic E-state index is 14.0. The van der Waals surface area contributed by atoms with Gasteiger partial charge in [-0.2, -0.15) is 0 Å². The number of carboxylic acid groups (broad SMARTS) is 2. The van der Waals surface area contributed by atoms with Gasteiger partial charge in [0.2, 0.25) is 41.4 Å². The van der Waals surface area contributed by atoms with E-state index in [4.69, 9.17) is 17.2 Å². The average molecular weight is 985 g/mol. The molecule has 9 atom stereocenters. The lowest BCUT2D eigenvalue weighted by Crippen LogP contribution is -2.61. The number of nitrogens with zero attached hydrogens (tertiary/aromatic N) is 2. The number of hydrogen-bond acceptors (Lipinski definition) is 14. The molecule has 70 heavy (non-hydrogen) atoms. The second-order valence-electron chi connectivity index (χ2n) is 16.8. The van der Waals surface area contributed by atoms with Crippen LogP contribution in [0.1, 0.15) is 64.6 Å². The van der Waals surface area contributed by atoms with E-state index in [0.717, 1.165) is 17.8 Å². The van der Waals surface area contributed by atoms with Crippen LogP contribution < -0.4 is 54.4 Å². The molecule has 0 aliphatic carbocycles. The van der Waals surface area contributed by atoms with E-state index in [1.165, 1.54) is 33.3 Å². The summed E-state index contributed by atoms with van der Waals surface area (Å²) in [5.74, 6) is -10.3. The fourth-order valence-electron chi connectivity index (χ4n) is 6.85. The van der Waals surface area contributed by atoms with Gasteiger partial charge in [0.25, 0.3) is 0 Å². The first-order valence-corrected chi connectivity index (χ1v) is 22.2. The van der Waals surface area contributed by atoms with Gasteiger partial charge in [-0.05, 0) is 50.7 Å². The largest absolute Gasteiger partial charge is 0.481 e. The van der Waals surface area contributed by atoms with Crippen LogP contribution in [0.3, 0.4) is 0 Å². The minimum atomic E-state index is -1.72. The number of nitrogens with one attached hydrogen (secondary N) is 9. The number of aliphatic hydroxyl groups excluding tert-OH is 2. The van der Waals surface area contributed by atoms with Crippen molar-refractivity contribution in [2.45, 2.75) is 121 Å². The van der Waals surface area contributed by atoms with Gasteiger partial charge >= 0.3 is 11.9 Å². The van der Waals surface area contributed by atoms with Gasteiger partial charge in [-0.15, -0.1) is 0 Å². The van der Waals surface area contributed by atoms with Crippen LogP contribution in [0.4, 0.5) is 0 Å². The van der Waals surface area contributed by atoms with Gasteiger partial charge in [0.15, 0.2) is 5.96 Å². The highest BCUT2D eigenvalue weighted by Crippen LogP contribution is 2.19. The number of imidazole rings is 1. The molecule has 2 aromatic heterocycles. The Labute approximate surface area is 401 Å². The summed E-state index contributed by atoms with van der Waals surface area (Å²) in [6, 6.07) is -3.18. The predicted molar refractivity (Wildman–Crippen MR) is 249 cm³/mol. The Morgan fingerprint density at radius 2 is 1.31 bits per heavy atom. The zero-order chi connectivity index (χ0) is 52.2. The van der Waals surface area contributed by atoms with E-state index < -0.39 is 133 Å². The summed E-state index contributed by atoms with van der Waals surface area (Å²) < 4.78 is 0. The van der Waals surface area contributed by atoms with Crippen molar-refractivity contribution in [3.63, 3.8) is 0 Å². The smallest absolute Gasteiger partial charge is 0.326 e. The number of carbonyl (C=O) groups excluding carboxylic acids is 7. The molecule has 0 spiro atoms. The van der Waals surface area contributed by atoms with Crippen LogP contribution in [-0.4, -0.2) is 162 Å². The quantitative estimate of drug-likeness (QED) is 0.0177. The number of aliphatic hydroxyl groups is 2. The summed E-state index contributed by atoms with van der Waals surface area (Å²) in [4.78, 5) is 131. The van der Waals surface area contributed by atoms with Crippen LogP contribution in [0.5, 0.6) is 0 Å². The molecule has 27 heteroatoms. The third-order valence-electron chi connectivity index (χ3n) is 10.8. The Bertz CT molecular complexity index is 2310. The standard InChI is InChI=1S/C43H64N14O13/c1-20(2)34(56-37(64)28(11-12-32(61)62)54-39(66)33(44)21(3)58)41(68)57-35(22(4)59)40(67)50-18-31(60)52-29(15-24-17-47-19-51-24)38(65)53-27(10-7-13-48-43(45)46)36(63)55-30(42(69)70)14-23-16-49-26-9-6-5-8-25(23)26/h5-6,8-9,16-17,19-22,27-30,33-35,49,58-59H,7,10-15,18,44H2,1-4H3,(H,47,51)(H,50,67)(H,52,60)(H,53,65)(H,54,66)(H,55,63)(H,56,64)(H,57,68)(H,61,62)(H,69,70)(H4,45,46,48)/t21-,22-,27+,28+,29+,30+,33+,34+,35+/m1/s1. The Morgan fingerprint density at radius 3 is 1.91 bits per heavy atom. The molecule has 0 saturated carbocycles. The molecule has 0 bridgehead atoms. The van der Waals surface area contributed by atoms with Gasteiger partial charge in [-0.25, -0.2) is 9.78 Å². The number of benzene rings is 1. The molecule has 384 valence electrons. The second kappa shape index (κ2) is 27.4. The highest BCUT2D eigenvalue weighted by molar-refractivity contribution is 5.97. The zero-order valence-corrected chi connectivity index (χ0v) is 39.1. The number of nitrogens with two attached hydrogens (primary N) is 3. The summed E-state index contributed by atoms with van der Waals surface area (Å²) in [6.45, 7) is 4.67. The van der Waals surface area contributed by atoms with Crippen molar-refractivity contribution in [2.75, 3.05) is 13.1 Å². The van der Waals surface area contributed by atoms with Crippen molar-refractivity contribution >= 4 is 70.2 Å². The van der Waals surface area contributed by atoms with Crippen molar-refractivity contribution in [3.8, 4) is 0 Å². The normalized spacial score (nSPS) is 15.0. The third kappa shape index (κ3) is 18.1. The Balaban J connectivity index is 1.75. The molecule has 0 aliphatic rings. The molecule has 0 saturated heterocycles. The van der Waals surface area contributed by atoms with Gasteiger partial charge < -0.3 is 84.8 Å². The van der Waals surface area contributed by atoms with Gasteiger partial charge in [0.05, 0.1) is 25.1 Å². The average Bonchev–Trinajstić information content (AvgIpc) is 3.97. The number of aliphatic imine (C=N–C) groups is 1. The van der Waals surface area contributed by atoms with Gasteiger partial charge in [0, 0.05) is 54.8 Å². The monoisotopic (exact) mass is 984 g/mol. The Morgan fingerprint density at radius 1 is 0.700 bits per heavy atom. The Hall–Kier alpha value is -7.65. The van der Waals surface area contributed by atoms with Crippen molar-refractivity contribution in [1.29, 1.82) is 0 Å². The zero-order valence-electron chi connectivity index (χ0n) is 39.1. The molecule has 3 aromatic rings. The number of carboxylic acids is 2. The van der Waals surface area contributed by atoms with Crippen LogP contribution in [0.15, 0.2) is 48.0 Å². The van der Waals surface area contributed by atoms with Crippen LogP contribution >= 0.6 is 0 Å². The minimum absolute atomic E-state index is 0.0458. The second-order valence-corrected chi connectivity index (χ2v) is 16.8. The van der Waals surface area contributed by atoms with Crippen LogP contribution in [0.2, 0.25) is 0 Å². The number of fused-ring (bicyclic) bond motifs is 1. The summed E-state index contributed by atoms with van der Waals surface area (Å²) in [7, 11) is 0. The number of H-pyrrole nitrogens is 2. The lowest BCUT2D eigenvalue weighted by Gasteiger charge is -2.28. The van der Waals surface area contributed by atoms with Crippen LogP contribution in [0, 0.1) is 5.92 Å². The first kappa shape index (κ1) is 56.7. The summed E-state index contributed by atoms with van der Waals surface area (Å²) in [6.07, 6.45) is 0.159. The SMILES string of the molecule is CC(C)[C@H](NC(=O)[C@H](CCC(=O)O)NC(=O)[C@@H](N)[C@@H](C)O)C(=O)N[C@H](C(=O)NCC(=O)N[C@@H](Cc1cnc[nH]1)C(=O)N[C@@H](CCCN=C(N)N)C(=O)N[C@@H](Cc1c[nH]c2ccccc12)C(=O)O)[C@@H](C)O. The maximum absolute atomic E-state index is 14.0. The Kier molecular flexibility index (Phi) is 22.2. The van der Waals surface area contributed by atoms with E-state index in [-0.39, 0.29) is 38.2 Å². The van der Waals surface area contributed by atoms with E-state index in [2.05, 4.69) is 57.2 Å². The van der Waals surface area contributed by atoms with Gasteiger partial charge in [-0.3, -0.25) is 43.3 Å². The lowest BCUT2D eigenvalue weighted by molar-refractivity contribution is -0.142. The van der Waals surface area contributed by atoms with Gasteiger partial charge in [-0.1, -0.05) is 32.0 Å². The molecule has 0 unspecified atom stereocenters. The first-order chi connectivity index (χ1) is 33.0. The van der Waals surface area contributed by atoms with E-state index in [0.29, 0.717) is 11.3 Å². The fourth-order valence-corrected chi connectivity index (χ4v) is 6.85. The van der Waals surface area contributed by atoms with E-state index in [9.17, 15) is 63.6 Å². The van der Waals surface area contributed by atoms with Crippen LogP contribution in [-0.2, 0) is 56.0 Å². The van der Waals surface area contributed by atoms with Crippen molar-refractivity contribution < 1.29 is 63.6 Å². The van der Waals surface area contributed by atoms with E-state index in [1.54, 1.807) is 30.5 Å². The number of aliphatic carboxylic acids is 2. The minimum Gasteiger partial charge on any atom is -0.481 e. The number of rotatable bonds is 29. The molecule has 0 radical (unpaired) electrons. The van der Waals surface area contributed by atoms with Gasteiger partial charge in [0.1, 0.15) is 42.3 Å². The molecule has 0 aliphatic heterocycles. The molecule has 7 amide bonds. The van der Waals surface area contributed by atoms with Crippen LogP contribution in [0.25, 0.3) is 10.9 Å². The molecular weight excluding hydrogens is 921 g/mol. The number of aromatic amines is 2. The molecule has 3 rings (SSSR count).